The lowest BCUT2D eigenvalue weighted by atomic mass is 10.1. The van der Waals surface area contributed by atoms with Crippen LogP contribution in [0.3, 0.4) is 0 Å². The van der Waals surface area contributed by atoms with Gasteiger partial charge in [-0.1, -0.05) is 6.07 Å². The number of piperazine rings is 1. The van der Waals surface area contributed by atoms with E-state index < -0.39 is 5.60 Å². The first-order valence-electron chi connectivity index (χ1n) is 12.5. The normalized spacial score (nSPS) is 15.8. The Morgan fingerprint density at radius 1 is 1.20 bits per heavy atom. The van der Waals surface area contributed by atoms with Crippen molar-refractivity contribution in [1.29, 1.82) is 0 Å². The topological polar surface area (TPSA) is 86.7 Å². The van der Waals surface area contributed by atoms with E-state index in [0.29, 0.717) is 13.1 Å². The molecule has 1 unspecified atom stereocenters. The number of carbonyl (C=O) groups is 1. The van der Waals surface area contributed by atoms with Crippen molar-refractivity contribution in [2.24, 2.45) is 0 Å². The van der Waals surface area contributed by atoms with Crippen LogP contribution in [0.5, 0.6) is 0 Å². The van der Waals surface area contributed by atoms with E-state index in [0.717, 1.165) is 62.1 Å². The van der Waals surface area contributed by atoms with Crippen LogP contribution in [0.25, 0.3) is 0 Å². The highest BCUT2D eigenvalue weighted by Gasteiger charge is 2.21. The summed E-state index contributed by atoms with van der Waals surface area (Å²) in [7, 11) is 4.26. The standard InChI is InChI=1S/C26H41N7O2/c1-20-29-21(18-24(30-20)33-16-14-31(5)15-17-33)19-32(6)23(22-10-7-8-12-27-22)11-9-13-28-25(34)35-26(2,3)4/h7-8,10,12,18,23H,9,11,13-17,19H2,1-6H3,(H,28,34). The molecule has 1 atom stereocenters. The molecule has 0 bridgehead atoms. The molecular weight excluding hydrogens is 442 g/mol. The third-order valence-electron chi connectivity index (χ3n) is 6.00. The van der Waals surface area contributed by atoms with Gasteiger partial charge in [-0.2, -0.15) is 0 Å². The molecule has 9 heteroatoms. The van der Waals surface area contributed by atoms with Crippen molar-refractivity contribution in [1.82, 2.24) is 30.1 Å². The number of carbonyl (C=O) groups excluding carboxylic acids is 1. The number of amides is 1. The minimum Gasteiger partial charge on any atom is -0.444 e. The highest BCUT2D eigenvalue weighted by molar-refractivity contribution is 5.67. The highest BCUT2D eigenvalue weighted by atomic mass is 16.6. The number of rotatable bonds is 9. The van der Waals surface area contributed by atoms with Crippen LogP contribution in [0.1, 0.15) is 56.9 Å². The molecule has 1 N–H and O–H groups in total. The zero-order valence-electron chi connectivity index (χ0n) is 22.1. The Bertz CT molecular complexity index is 940. The first-order chi connectivity index (χ1) is 16.6. The second kappa shape index (κ2) is 12.3. The molecular formula is C26H41N7O2. The fraction of sp³-hybridized carbons (Fsp3) is 0.615. The fourth-order valence-electron chi connectivity index (χ4n) is 4.22. The van der Waals surface area contributed by atoms with Gasteiger partial charge in [-0.25, -0.2) is 14.8 Å². The maximum Gasteiger partial charge on any atom is 0.407 e. The SMILES string of the molecule is Cc1nc(CN(C)C(CCCNC(=O)OC(C)(C)C)c2ccccn2)cc(N2CCN(C)CC2)n1. The fourth-order valence-corrected chi connectivity index (χ4v) is 4.22. The number of aryl methyl sites for hydroxylation is 1. The summed E-state index contributed by atoms with van der Waals surface area (Å²) in [6.45, 7) is 12.8. The molecule has 0 aromatic carbocycles. The van der Waals surface area contributed by atoms with Gasteiger partial charge in [-0.3, -0.25) is 9.88 Å². The van der Waals surface area contributed by atoms with Crippen LogP contribution in [0.4, 0.5) is 10.6 Å². The van der Waals surface area contributed by atoms with E-state index in [2.05, 4.69) is 51.2 Å². The number of nitrogens with one attached hydrogen (secondary N) is 1. The van der Waals surface area contributed by atoms with Gasteiger partial charge in [0.1, 0.15) is 17.2 Å². The van der Waals surface area contributed by atoms with Crippen molar-refractivity contribution in [3.8, 4) is 0 Å². The van der Waals surface area contributed by atoms with Crippen molar-refractivity contribution in [2.75, 3.05) is 51.7 Å². The van der Waals surface area contributed by atoms with Crippen LogP contribution in [0, 0.1) is 6.92 Å². The number of alkyl carbamates (subject to hydrolysis) is 1. The molecule has 2 aromatic rings. The summed E-state index contributed by atoms with van der Waals surface area (Å²) in [6.07, 6.45) is 3.10. The summed E-state index contributed by atoms with van der Waals surface area (Å²) < 4.78 is 5.34. The molecule has 1 aliphatic heterocycles. The number of pyridine rings is 1. The minimum absolute atomic E-state index is 0.0963. The van der Waals surface area contributed by atoms with E-state index in [1.165, 1.54) is 0 Å². The zero-order valence-corrected chi connectivity index (χ0v) is 22.1. The summed E-state index contributed by atoms with van der Waals surface area (Å²) in [4.78, 5) is 33.0. The van der Waals surface area contributed by atoms with Crippen LogP contribution in [0.15, 0.2) is 30.5 Å². The van der Waals surface area contributed by atoms with Gasteiger partial charge < -0.3 is 19.9 Å². The van der Waals surface area contributed by atoms with Crippen molar-refractivity contribution >= 4 is 11.9 Å². The molecule has 1 amide bonds. The second-order valence-electron chi connectivity index (χ2n) is 10.3. The molecule has 0 radical (unpaired) electrons. The molecule has 1 fully saturated rings. The maximum absolute atomic E-state index is 12.0. The summed E-state index contributed by atoms with van der Waals surface area (Å²) in [5, 5.41) is 2.86. The summed E-state index contributed by atoms with van der Waals surface area (Å²) in [6, 6.07) is 8.22. The Balaban J connectivity index is 1.65. The smallest absolute Gasteiger partial charge is 0.407 e. The predicted octanol–water partition coefficient (Wildman–Crippen LogP) is 3.41. The third kappa shape index (κ3) is 8.74. The van der Waals surface area contributed by atoms with Crippen LogP contribution in [-0.2, 0) is 11.3 Å². The predicted molar refractivity (Wildman–Crippen MR) is 138 cm³/mol. The molecule has 0 spiro atoms. The van der Waals surface area contributed by atoms with Crippen LogP contribution in [-0.4, -0.2) is 83.3 Å². The van der Waals surface area contributed by atoms with Gasteiger partial charge in [0.05, 0.1) is 17.4 Å². The molecule has 35 heavy (non-hydrogen) atoms. The highest BCUT2D eigenvalue weighted by Crippen LogP contribution is 2.25. The van der Waals surface area contributed by atoms with E-state index in [1.807, 2.05) is 46.0 Å². The van der Waals surface area contributed by atoms with Crippen molar-refractivity contribution in [2.45, 2.75) is 58.7 Å². The first kappa shape index (κ1) is 26.8. The zero-order chi connectivity index (χ0) is 25.4. The van der Waals surface area contributed by atoms with Gasteiger partial charge in [0.2, 0.25) is 0 Å². The van der Waals surface area contributed by atoms with E-state index in [1.54, 1.807) is 0 Å². The number of aromatic nitrogens is 3. The summed E-state index contributed by atoms with van der Waals surface area (Å²) in [5.41, 5.74) is 1.51. The van der Waals surface area contributed by atoms with Gasteiger partial charge in [-0.05, 0) is 66.8 Å². The van der Waals surface area contributed by atoms with Crippen molar-refractivity contribution in [3.63, 3.8) is 0 Å². The van der Waals surface area contributed by atoms with Crippen LogP contribution >= 0.6 is 0 Å². The van der Waals surface area contributed by atoms with E-state index in [9.17, 15) is 4.79 Å². The number of anilines is 1. The van der Waals surface area contributed by atoms with Gasteiger partial charge in [0.25, 0.3) is 0 Å². The van der Waals surface area contributed by atoms with Crippen LogP contribution < -0.4 is 10.2 Å². The van der Waals surface area contributed by atoms with Gasteiger partial charge in [-0.15, -0.1) is 0 Å². The third-order valence-corrected chi connectivity index (χ3v) is 6.00. The lowest BCUT2D eigenvalue weighted by Gasteiger charge is -2.33. The number of likely N-dealkylation sites (N-methyl/N-ethyl adjacent to an activating group) is 1. The average Bonchev–Trinajstić information content (AvgIpc) is 2.78. The van der Waals surface area contributed by atoms with E-state index in [4.69, 9.17) is 14.7 Å². The van der Waals surface area contributed by atoms with Crippen molar-refractivity contribution in [3.05, 3.63) is 47.7 Å². The maximum atomic E-state index is 12.0. The number of hydrogen-bond donors (Lipinski definition) is 1. The number of nitrogens with zero attached hydrogens (tertiary/aromatic N) is 6. The largest absolute Gasteiger partial charge is 0.444 e. The Morgan fingerprint density at radius 3 is 2.60 bits per heavy atom. The lowest BCUT2D eigenvalue weighted by molar-refractivity contribution is 0.0525. The molecule has 3 heterocycles. The Morgan fingerprint density at radius 2 is 1.94 bits per heavy atom. The van der Waals surface area contributed by atoms with E-state index in [-0.39, 0.29) is 12.1 Å². The molecule has 2 aromatic heterocycles. The molecule has 192 valence electrons. The number of hydrogen-bond acceptors (Lipinski definition) is 8. The Hall–Kier alpha value is -2.78. The van der Waals surface area contributed by atoms with Gasteiger partial charge in [0.15, 0.2) is 0 Å². The quantitative estimate of drug-likeness (QED) is 0.543. The molecule has 0 aliphatic carbocycles. The van der Waals surface area contributed by atoms with Gasteiger partial charge >= 0.3 is 6.09 Å². The van der Waals surface area contributed by atoms with Crippen molar-refractivity contribution < 1.29 is 9.53 Å². The monoisotopic (exact) mass is 483 g/mol. The summed E-state index contributed by atoms with van der Waals surface area (Å²) >= 11 is 0. The summed E-state index contributed by atoms with van der Waals surface area (Å²) in [5.74, 6) is 1.80. The molecule has 9 nitrogen and oxygen atoms in total. The van der Waals surface area contributed by atoms with Crippen LogP contribution in [0.2, 0.25) is 0 Å². The molecule has 0 saturated carbocycles. The Labute approximate surface area is 209 Å². The number of ether oxygens (including phenoxy) is 1. The van der Waals surface area contributed by atoms with Gasteiger partial charge in [0, 0.05) is 51.5 Å². The first-order valence-corrected chi connectivity index (χ1v) is 12.5. The van der Waals surface area contributed by atoms with E-state index >= 15 is 0 Å². The second-order valence-corrected chi connectivity index (χ2v) is 10.3. The Kier molecular flexibility index (Phi) is 9.40. The molecule has 3 rings (SSSR count). The average molecular weight is 484 g/mol. The molecule has 1 saturated heterocycles. The minimum atomic E-state index is -0.501. The molecule has 1 aliphatic rings. The lowest BCUT2D eigenvalue weighted by Crippen LogP contribution is -2.45.